The van der Waals surface area contributed by atoms with Crippen molar-refractivity contribution in [3.8, 4) is 55.6 Å². The maximum absolute atomic E-state index is 6.49. The number of rotatable bonds is 5. The van der Waals surface area contributed by atoms with E-state index in [-0.39, 0.29) is 0 Å². The van der Waals surface area contributed by atoms with Crippen LogP contribution in [0.5, 0.6) is 0 Å². The van der Waals surface area contributed by atoms with Crippen LogP contribution in [0, 0.1) is 0 Å². The van der Waals surface area contributed by atoms with Gasteiger partial charge in [0.25, 0.3) is 0 Å². The molecule has 2 heterocycles. The molecule has 2 heteroatoms. The molecule has 0 saturated heterocycles. The molecule has 16 rings (SSSR count). The van der Waals surface area contributed by atoms with Gasteiger partial charge in [0.1, 0.15) is 22.3 Å². The highest BCUT2D eigenvalue weighted by Gasteiger charge is 2.23. The molecule has 0 fully saturated rings. The van der Waals surface area contributed by atoms with E-state index in [1.807, 2.05) is 12.1 Å². The number of furan rings is 2. The molecule has 0 aliphatic carbocycles. The van der Waals surface area contributed by atoms with Crippen LogP contribution in [0.2, 0.25) is 0 Å². The second kappa shape index (κ2) is 17.9. The molecule has 0 N–H and O–H groups in total. The zero-order valence-corrected chi connectivity index (χ0v) is 41.4. The first-order valence-electron chi connectivity index (χ1n) is 26.1. The van der Waals surface area contributed by atoms with Crippen molar-refractivity contribution in [2.24, 2.45) is 0 Å². The van der Waals surface area contributed by atoms with E-state index in [2.05, 4.69) is 267 Å². The summed E-state index contributed by atoms with van der Waals surface area (Å²) in [7, 11) is 0. The van der Waals surface area contributed by atoms with Crippen molar-refractivity contribution in [1.29, 1.82) is 0 Å². The Kier molecular flexibility index (Phi) is 10.2. The fourth-order valence-electron chi connectivity index (χ4n) is 12.3. The molecule has 0 aliphatic rings. The fourth-order valence-corrected chi connectivity index (χ4v) is 12.3. The average molecular weight is 967 g/mol. The Hall–Kier alpha value is -10.0. The van der Waals surface area contributed by atoms with Crippen molar-refractivity contribution < 1.29 is 8.83 Å². The van der Waals surface area contributed by atoms with E-state index in [1.165, 1.54) is 109 Å². The summed E-state index contributed by atoms with van der Waals surface area (Å²) in [5.41, 5.74) is 16.0. The van der Waals surface area contributed by atoms with Crippen molar-refractivity contribution in [1.82, 2.24) is 0 Å². The molecule has 76 heavy (non-hydrogen) atoms. The molecule has 354 valence electrons. The van der Waals surface area contributed by atoms with Gasteiger partial charge in [-0.15, -0.1) is 0 Å². The van der Waals surface area contributed by atoms with E-state index in [4.69, 9.17) is 8.83 Å². The minimum absolute atomic E-state index is 0.910. The van der Waals surface area contributed by atoms with Crippen molar-refractivity contribution in [2.45, 2.75) is 0 Å². The summed E-state index contributed by atoms with van der Waals surface area (Å²) in [6.07, 6.45) is 0. The number of benzene rings is 14. The summed E-state index contributed by atoms with van der Waals surface area (Å²) in [4.78, 5) is 0. The van der Waals surface area contributed by atoms with Crippen LogP contribution in [-0.4, -0.2) is 0 Å². The van der Waals surface area contributed by atoms with Crippen molar-refractivity contribution in [3.63, 3.8) is 0 Å². The van der Waals surface area contributed by atoms with Gasteiger partial charge in [-0.25, -0.2) is 0 Å². The highest BCUT2D eigenvalue weighted by Crippen LogP contribution is 2.50. The molecule has 0 atom stereocenters. The minimum atomic E-state index is 0.910. The van der Waals surface area contributed by atoms with Crippen LogP contribution in [0.15, 0.2) is 288 Å². The lowest BCUT2D eigenvalue weighted by Crippen LogP contribution is -1.92. The summed E-state index contributed by atoms with van der Waals surface area (Å²) < 4.78 is 12.8. The van der Waals surface area contributed by atoms with E-state index in [0.717, 1.165) is 44.1 Å². The summed E-state index contributed by atoms with van der Waals surface area (Å²) in [6.45, 7) is 0. The lowest BCUT2D eigenvalue weighted by Gasteiger charge is -2.19. The summed E-state index contributed by atoms with van der Waals surface area (Å²) in [5, 5.41) is 17.2. The molecule has 16 aromatic rings. The van der Waals surface area contributed by atoms with Crippen LogP contribution in [-0.2, 0) is 0 Å². The molecule has 0 amide bonds. The van der Waals surface area contributed by atoms with Crippen LogP contribution < -0.4 is 0 Å². The quantitative estimate of drug-likeness (QED) is 0.161. The minimum Gasteiger partial charge on any atom is -0.456 e. The van der Waals surface area contributed by atoms with Gasteiger partial charge in [-0.2, -0.15) is 0 Å². The molecular formula is C74H46O2. The molecule has 0 saturated carbocycles. The Labute approximate surface area is 439 Å². The number of hydrogen-bond donors (Lipinski definition) is 0. The third-order valence-corrected chi connectivity index (χ3v) is 15.5. The predicted octanol–water partition coefficient (Wildman–Crippen LogP) is 21.3. The smallest absolute Gasteiger partial charge is 0.136 e. The number of fused-ring (bicyclic) bond motifs is 11. The summed E-state index contributed by atoms with van der Waals surface area (Å²) in [5.74, 6) is 0. The molecular weight excluding hydrogens is 921 g/mol. The first-order valence-corrected chi connectivity index (χ1v) is 26.1. The Morgan fingerprint density at radius 3 is 1.09 bits per heavy atom. The van der Waals surface area contributed by atoms with Crippen molar-refractivity contribution in [3.05, 3.63) is 279 Å². The normalized spacial score (nSPS) is 11.7. The Balaban J connectivity index is 0.000000133. The largest absolute Gasteiger partial charge is 0.456 e. The second-order valence-electron chi connectivity index (χ2n) is 19.7. The zero-order chi connectivity index (χ0) is 50.1. The van der Waals surface area contributed by atoms with Gasteiger partial charge in [-0.3, -0.25) is 0 Å². The third kappa shape index (κ3) is 6.96. The molecule has 2 nitrogen and oxygen atoms in total. The van der Waals surface area contributed by atoms with Crippen LogP contribution in [0.25, 0.3) is 153 Å². The van der Waals surface area contributed by atoms with E-state index >= 15 is 0 Å². The molecule has 0 unspecified atom stereocenters. The standard InChI is InChI=1S/C38H24O.C36H22O/c1-3-13-25(14-4-1)27-23-33(38-32-21-11-12-22-34(32)39-35(38)24-27)37-30-19-9-7-17-28(30)36(26-15-5-2-6-16-26)29-18-8-10-20-31(29)37;1-2-13-24-23(11-1)12-9-19-25(24)34-26-14-3-5-16-28(26)35(29-17-6-4-15-27(29)34)31-20-10-22-33-36(31)30-18-7-8-21-32(30)37-33/h1-24H;1-22H. The van der Waals surface area contributed by atoms with Crippen LogP contribution in [0.1, 0.15) is 0 Å². The lowest BCUT2D eigenvalue weighted by atomic mass is 9.84. The predicted molar refractivity (Wildman–Crippen MR) is 322 cm³/mol. The topological polar surface area (TPSA) is 26.3 Å². The molecule has 0 bridgehead atoms. The second-order valence-corrected chi connectivity index (χ2v) is 19.7. The van der Waals surface area contributed by atoms with Gasteiger partial charge < -0.3 is 8.83 Å². The van der Waals surface area contributed by atoms with Gasteiger partial charge in [-0.05, 0) is 140 Å². The van der Waals surface area contributed by atoms with Gasteiger partial charge in [-0.1, -0.05) is 249 Å². The van der Waals surface area contributed by atoms with E-state index < -0.39 is 0 Å². The maximum Gasteiger partial charge on any atom is 0.136 e. The summed E-state index contributed by atoms with van der Waals surface area (Å²) in [6, 6.07) is 99.8. The molecule has 2 aromatic heterocycles. The fraction of sp³-hybridized carbons (Fsp3) is 0. The van der Waals surface area contributed by atoms with Gasteiger partial charge in [0.05, 0.1) is 0 Å². The highest BCUT2D eigenvalue weighted by atomic mass is 16.3. The van der Waals surface area contributed by atoms with Gasteiger partial charge >= 0.3 is 0 Å². The van der Waals surface area contributed by atoms with Gasteiger partial charge in [0.2, 0.25) is 0 Å². The van der Waals surface area contributed by atoms with E-state index in [1.54, 1.807) is 0 Å². The zero-order valence-electron chi connectivity index (χ0n) is 41.4. The molecule has 0 radical (unpaired) electrons. The first kappa shape index (κ1) is 43.6. The monoisotopic (exact) mass is 966 g/mol. The van der Waals surface area contributed by atoms with Crippen molar-refractivity contribution >= 4 is 97.7 Å². The Morgan fingerprint density at radius 2 is 0.539 bits per heavy atom. The lowest BCUT2D eigenvalue weighted by molar-refractivity contribution is 0.668. The van der Waals surface area contributed by atoms with Gasteiger partial charge in [0, 0.05) is 21.5 Å². The van der Waals surface area contributed by atoms with E-state index in [9.17, 15) is 0 Å². The Morgan fingerprint density at radius 1 is 0.184 bits per heavy atom. The number of para-hydroxylation sites is 2. The van der Waals surface area contributed by atoms with Crippen LogP contribution in [0.3, 0.4) is 0 Å². The Bertz CT molecular complexity index is 4800. The SMILES string of the molecule is c1ccc(-c2cc(-c3c4ccccc4c(-c4ccccc4)c4ccccc34)c3c(c2)oc2ccccc23)cc1.c1ccc2c(-c3c4ccccc4c(-c4cccc5oc6ccccc6c45)c4ccccc34)cccc2c1. The summed E-state index contributed by atoms with van der Waals surface area (Å²) >= 11 is 0. The van der Waals surface area contributed by atoms with Crippen molar-refractivity contribution in [2.75, 3.05) is 0 Å². The molecule has 14 aromatic carbocycles. The first-order chi connectivity index (χ1) is 37.7. The number of hydrogen-bond acceptors (Lipinski definition) is 2. The van der Waals surface area contributed by atoms with Crippen LogP contribution in [0.4, 0.5) is 0 Å². The molecule has 0 aliphatic heterocycles. The van der Waals surface area contributed by atoms with E-state index in [0.29, 0.717) is 0 Å². The van der Waals surface area contributed by atoms with Crippen LogP contribution >= 0.6 is 0 Å². The molecule has 0 spiro atoms. The third-order valence-electron chi connectivity index (χ3n) is 15.5. The average Bonchev–Trinajstić information content (AvgIpc) is 4.07. The highest BCUT2D eigenvalue weighted by molar-refractivity contribution is 6.28. The maximum atomic E-state index is 6.49. The van der Waals surface area contributed by atoms with Gasteiger partial charge in [0.15, 0.2) is 0 Å².